The molecule has 234 valence electrons. The van der Waals surface area contributed by atoms with Crippen molar-refractivity contribution in [1.29, 1.82) is 0 Å². The minimum atomic E-state index is -0.464. The van der Waals surface area contributed by atoms with Gasteiger partial charge in [0.1, 0.15) is 17.3 Å². The summed E-state index contributed by atoms with van der Waals surface area (Å²) < 4.78 is 11.0. The first-order valence-corrected chi connectivity index (χ1v) is 15.3. The number of methoxy groups -OCH3 is 2. The number of hydrogen-bond donors (Lipinski definition) is 2. The highest BCUT2D eigenvalue weighted by atomic mass is 16.5. The van der Waals surface area contributed by atoms with E-state index in [2.05, 4.69) is 16.0 Å². The van der Waals surface area contributed by atoms with Crippen LogP contribution >= 0.6 is 0 Å². The molecule has 1 aromatic heterocycles. The van der Waals surface area contributed by atoms with E-state index in [9.17, 15) is 9.59 Å². The highest BCUT2D eigenvalue weighted by Gasteiger charge is 2.51. The molecule has 1 spiro atoms. The molecule has 0 unspecified atom stereocenters. The van der Waals surface area contributed by atoms with Crippen LogP contribution in [0.3, 0.4) is 0 Å². The van der Waals surface area contributed by atoms with E-state index >= 15 is 0 Å². The van der Waals surface area contributed by atoms with Gasteiger partial charge in [-0.1, -0.05) is 32.0 Å². The zero-order chi connectivity index (χ0) is 31.9. The normalized spacial score (nSPS) is 18.7. The van der Waals surface area contributed by atoms with Crippen molar-refractivity contribution in [2.75, 3.05) is 45.3 Å². The number of anilines is 1. The Kier molecular flexibility index (Phi) is 7.76. The van der Waals surface area contributed by atoms with Crippen LogP contribution in [0.15, 0.2) is 72.1 Å². The molecule has 2 amide bonds. The third kappa shape index (κ3) is 5.28. The third-order valence-electron chi connectivity index (χ3n) is 9.59. The lowest BCUT2D eigenvalue weighted by Gasteiger charge is -2.46. The Morgan fingerprint density at radius 3 is 2.40 bits per heavy atom. The lowest BCUT2D eigenvalue weighted by Crippen LogP contribution is -2.51. The molecule has 0 saturated carbocycles. The van der Waals surface area contributed by atoms with Crippen molar-refractivity contribution in [3.8, 4) is 11.5 Å². The largest absolute Gasteiger partial charge is 0.497 e. The van der Waals surface area contributed by atoms with E-state index in [1.54, 1.807) is 31.4 Å². The van der Waals surface area contributed by atoms with E-state index in [0.29, 0.717) is 49.8 Å². The number of aromatic nitrogens is 1. The molecule has 1 saturated heterocycles. The number of carbonyl (C=O) groups excluding carboxylic acids is 2. The van der Waals surface area contributed by atoms with Crippen molar-refractivity contribution >= 4 is 23.8 Å². The third-order valence-corrected chi connectivity index (χ3v) is 9.59. The smallest absolute Gasteiger partial charge is 0.255 e. The summed E-state index contributed by atoms with van der Waals surface area (Å²) in [5.74, 6) is 2.06. The fourth-order valence-corrected chi connectivity index (χ4v) is 7.11. The van der Waals surface area contributed by atoms with Gasteiger partial charge in [0.15, 0.2) is 6.21 Å². The summed E-state index contributed by atoms with van der Waals surface area (Å²) in [4.78, 5) is 38.2. The van der Waals surface area contributed by atoms with Gasteiger partial charge in [0.2, 0.25) is 0 Å². The minimum absolute atomic E-state index is 0.0276. The van der Waals surface area contributed by atoms with E-state index in [1.807, 2.05) is 61.2 Å². The maximum atomic E-state index is 13.9. The predicted molar refractivity (Wildman–Crippen MR) is 172 cm³/mol. The molecule has 3 aliphatic rings. The predicted octanol–water partition coefficient (Wildman–Crippen LogP) is 2.78. The quantitative estimate of drug-likeness (QED) is 0.395. The van der Waals surface area contributed by atoms with Gasteiger partial charge in [0.05, 0.1) is 31.9 Å². The molecule has 4 heterocycles. The molecule has 0 radical (unpaired) electrons. The van der Waals surface area contributed by atoms with E-state index in [1.165, 1.54) is 6.21 Å². The molecular formula is C35H41N6O4+. The number of carbonyl (C=O) groups is 2. The molecule has 10 heteroatoms. The van der Waals surface area contributed by atoms with Crippen LogP contribution in [0.25, 0.3) is 0 Å². The van der Waals surface area contributed by atoms with Crippen molar-refractivity contribution < 1.29 is 24.5 Å². The summed E-state index contributed by atoms with van der Waals surface area (Å²) in [5, 5.41) is 5.85. The highest BCUT2D eigenvalue weighted by molar-refractivity contribution is 6.00. The number of amides is 2. The molecular weight excluding hydrogens is 568 g/mol. The Hall–Kier alpha value is -4.86. The average molecular weight is 610 g/mol. The first kappa shape index (κ1) is 30.2. The zero-order valence-electron chi connectivity index (χ0n) is 26.4. The number of pyridine rings is 1. The van der Waals surface area contributed by atoms with Crippen LogP contribution in [-0.4, -0.2) is 73.2 Å². The second kappa shape index (κ2) is 11.6. The summed E-state index contributed by atoms with van der Waals surface area (Å²) in [7, 11) is 3.25. The van der Waals surface area contributed by atoms with Crippen molar-refractivity contribution in [2.24, 2.45) is 11.1 Å². The monoisotopic (exact) mass is 609 g/mol. The van der Waals surface area contributed by atoms with Crippen LogP contribution in [0.2, 0.25) is 0 Å². The number of fused-ring (bicyclic) bond motifs is 2. The summed E-state index contributed by atoms with van der Waals surface area (Å²) in [6, 6.07) is 17.3. The molecule has 4 N–H and O–H groups in total. The summed E-state index contributed by atoms with van der Waals surface area (Å²) >= 11 is 0. The Morgan fingerprint density at radius 2 is 1.73 bits per heavy atom. The number of ether oxygens (including phenoxy) is 2. The minimum Gasteiger partial charge on any atom is -0.497 e. The van der Waals surface area contributed by atoms with E-state index in [0.717, 1.165) is 46.6 Å². The molecule has 3 aliphatic heterocycles. The number of rotatable bonds is 7. The lowest BCUT2D eigenvalue weighted by atomic mass is 9.80. The molecule has 0 atom stereocenters. The molecule has 3 aromatic rings. The van der Waals surface area contributed by atoms with Gasteiger partial charge in [0, 0.05) is 60.7 Å². The first-order valence-electron chi connectivity index (χ1n) is 15.3. The van der Waals surface area contributed by atoms with Gasteiger partial charge < -0.3 is 29.9 Å². The molecule has 2 aromatic carbocycles. The molecule has 1 fully saturated rings. The first-order chi connectivity index (χ1) is 21.6. The average Bonchev–Trinajstić information content (AvgIpc) is 3.28. The molecule has 6 rings (SSSR count). The maximum absolute atomic E-state index is 13.9. The zero-order valence-corrected chi connectivity index (χ0v) is 26.4. The Bertz CT molecular complexity index is 1670. The van der Waals surface area contributed by atoms with Crippen molar-refractivity contribution in [3.63, 3.8) is 0 Å². The van der Waals surface area contributed by atoms with Crippen molar-refractivity contribution in [2.45, 2.75) is 38.8 Å². The number of piperidine rings is 1. The van der Waals surface area contributed by atoms with E-state index < -0.39 is 5.54 Å². The van der Waals surface area contributed by atoms with E-state index in [4.69, 9.17) is 20.6 Å². The van der Waals surface area contributed by atoms with Gasteiger partial charge in [0.25, 0.3) is 11.8 Å². The molecule has 10 nitrogen and oxygen atoms in total. The second-order valence-electron chi connectivity index (χ2n) is 12.7. The molecule has 0 aliphatic carbocycles. The van der Waals surface area contributed by atoms with Gasteiger partial charge in [-0.25, -0.2) is 4.98 Å². The van der Waals surface area contributed by atoms with Gasteiger partial charge in [-0.2, -0.15) is 0 Å². The summed E-state index contributed by atoms with van der Waals surface area (Å²) in [6.45, 7) is 6.69. The molecule has 45 heavy (non-hydrogen) atoms. The van der Waals surface area contributed by atoms with Crippen LogP contribution in [0, 0.1) is 5.41 Å². The SMILES string of the molecule is COc1cc(CN2C(=O)c3ccccc3C23CCN(c2cc(C(=O)N4CC(C=[NH2+])=C(N)C(C)(C)C4)ccn2)CC3)cc(OC)c1. The van der Waals surface area contributed by atoms with Gasteiger partial charge in [-0.3, -0.25) is 15.0 Å². The second-order valence-corrected chi connectivity index (χ2v) is 12.7. The van der Waals surface area contributed by atoms with Crippen LogP contribution in [0.1, 0.15) is 58.5 Å². The Balaban J connectivity index is 1.24. The fraction of sp³-hybridized carbons (Fsp3) is 0.371. The van der Waals surface area contributed by atoms with Crippen molar-refractivity contribution in [3.05, 3.63) is 94.3 Å². The van der Waals surface area contributed by atoms with E-state index in [-0.39, 0.29) is 17.2 Å². The number of nitrogens with two attached hydrogens (primary N) is 2. The fourth-order valence-electron chi connectivity index (χ4n) is 7.11. The lowest BCUT2D eigenvalue weighted by molar-refractivity contribution is -0.105. The van der Waals surface area contributed by atoms with Crippen LogP contribution in [0.4, 0.5) is 5.82 Å². The van der Waals surface area contributed by atoms with Crippen LogP contribution in [-0.2, 0) is 12.1 Å². The maximum Gasteiger partial charge on any atom is 0.255 e. The van der Waals surface area contributed by atoms with Gasteiger partial charge >= 0.3 is 0 Å². The number of benzene rings is 2. The molecule has 0 bridgehead atoms. The van der Waals surface area contributed by atoms with Gasteiger partial charge in [-0.05, 0) is 54.3 Å². The number of nitrogens with zero attached hydrogens (tertiary/aromatic N) is 4. The van der Waals surface area contributed by atoms with Crippen LogP contribution in [0.5, 0.6) is 11.5 Å². The summed E-state index contributed by atoms with van der Waals surface area (Å²) in [5.41, 5.74) is 10.3. The standard InChI is InChI=1S/C35H40N6O4/c1-34(2)22-40(21-25(19-36)31(34)37)32(42)24-9-12-38-30(17-24)39-13-10-35(11-14-39)29-8-6-5-7-28(29)33(43)41(35)20-23-15-26(44-3)18-27(16-23)45-4/h5-9,12,15-19,36H,10-11,13-14,20-22,37H2,1-4H3/p+1. The number of hydrogen-bond acceptors (Lipinski definition) is 7. The Morgan fingerprint density at radius 1 is 1.04 bits per heavy atom. The summed E-state index contributed by atoms with van der Waals surface area (Å²) in [6.07, 6.45) is 4.63. The highest BCUT2D eigenvalue weighted by Crippen LogP contribution is 2.47. The van der Waals surface area contributed by atoms with Crippen molar-refractivity contribution in [1.82, 2.24) is 14.8 Å². The van der Waals surface area contributed by atoms with Crippen LogP contribution < -0.4 is 25.5 Å². The topological polar surface area (TPSA) is 127 Å². The Labute approximate surface area is 263 Å². The van der Waals surface area contributed by atoms with Gasteiger partial charge in [-0.15, -0.1) is 0 Å².